The van der Waals surface area contributed by atoms with Crippen LogP contribution in [0.2, 0.25) is 5.02 Å². The lowest BCUT2D eigenvalue weighted by Gasteiger charge is -2.09. The fourth-order valence-corrected chi connectivity index (χ4v) is 2.75. The first-order valence-electron chi connectivity index (χ1n) is 5.89. The molecule has 0 aliphatic heterocycles. The molecule has 0 saturated carbocycles. The molecule has 2 nitrogen and oxygen atoms in total. The number of hydrogen-bond donors (Lipinski definition) is 0. The van der Waals surface area contributed by atoms with Crippen molar-refractivity contribution in [3.8, 4) is 5.69 Å². The van der Waals surface area contributed by atoms with Gasteiger partial charge in [0.15, 0.2) is 0 Å². The van der Waals surface area contributed by atoms with Crippen LogP contribution in [0.1, 0.15) is 5.82 Å². The van der Waals surface area contributed by atoms with Gasteiger partial charge in [-0.1, -0.05) is 11.6 Å². The number of hydrogen-bond acceptors (Lipinski definition) is 1. The van der Waals surface area contributed by atoms with E-state index >= 15 is 0 Å². The number of halogens is 5. The Balaban J connectivity index is 2.34. The summed E-state index contributed by atoms with van der Waals surface area (Å²) in [5.74, 6) is -0.364. The number of nitrogens with zero attached hydrogens (tertiary/aromatic N) is 2. The third-order valence-electron chi connectivity index (χ3n) is 3.05. The van der Waals surface area contributed by atoms with Crippen LogP contribution in [0.15, 0.2) is 34.8 Å². The minimum Gasteiger partial charge on any atom is -0.295 e. The van der Waals surface area contributed by atoms with E-state index in [9.17, 15) is 8.78 Å². The van der Waals surface area contributed by atoms with Gasteiger partial charge in [0.1, 0.15) is 17.5 Å². The zero-order valence-electron chi connectivity index (χ0n) is 10.4. The molecule has 3 rings (SSSR count). The SMILES string of the molecule is Fc1cc(-n2c(CCl)nc3cc(F)c(Br)cc32)ccc1Cl. The summed E-state index contributed by atoms with van der Waals surface area (Å²) in [6.07, 6.45) is 0. The van der Waals surface area contributed by atoms with Crippen molar-refractivity contribution in [3.05, 3.63) is 57.3 Å². The van der Waals surface area contributed by atoms with Gasteiger partial charge >= 0.3 is 0 Å². The van der Waals surface area contributed by atoms with Gasteiger partial charge in [0.2, 0.25) is 0 Å². The monoisotopic (exact) mass is 390 g/mol. The van der Waals surface area contributed by atoms with Crippen LogP contribution in [-0.2, 0) is 5.88 Å². The smallest absolute Gasteiger partial charge is 0.143 e. The number of benzene rings is 2. The molecule has 21 heavy (non-hydrogen) atoms. The standard InChI is InChI=1S/C14H7BrCl2F2N2/c15-8-4-13-12(5-10(8)18)20-14(6-16)21(13)7-1-2-9(17)11(19)3-7/h1-5H,6H2. The van der Waals surface area contributed by atoms with Crippen LogP contribution in [0.3, 0.4) is 0 Å². The average molecular weight is 392 g/mol. The molecule has 0 amide bonds. The molecule has 0 aliphatic rings. The average Bonchev–Trinajstić information content (AvgIpc) is 2.80. The Bertz CT molecular complexity index is 849. The van der Waals surface area contributed by atoms with Crippen LogP contribution in [0.4, 0.5) is 8.78 Å². The molecular formula is C14H7BrCl2F2N2. The molecule has 0 unspecified atom stereocenters. The third-order valence-corrected chi connectivity index (χ3v) is 4.20. The Hall–Kier alpha value is -1.17. The maximum absolute atomic E-state index is 13.7. The minimum atomic E-state index is -0.544. The summed E-state index contributed by atoms with van der Waals surface area (Å²) < 4.78 is 29.3. The number of fused-ring (bicyclic) bond motifs is 1. The van der Waals surface area contributed by atoms with Gasteiger partial charge in [-0.2, -0.15) is 0 Å². The molecule has 7 heteroatoms. The van der Waals surface area contributed by atoms with Crippen molar-refractivity contribution in [1.82, 2.24) is 9.55 Å². The first-order chi connectivity index (χ1) is 10.0. The minimum absolute atomic E-state index is 0.0304. The number of imidazole rings is 1. The molecular weight excluding hydrogens is 385 g/mol. The Labute approximate surface area is 137 Å². The van der Waals surface area contributed by atoms with E-state index in [1.807, 2.05) is 0 Å². The van der Waals surface area contributed by atoms with Crippen molar-refractivity contribution in [2.75, 3.05) is 0 Å². The van der Waals surface area contributed by atoms with Gasteiger partial charge in [0, 0.05) is 6.07 Å². The van der Waals surface area contributed by atoms with Gasteiger partial charge in [0.05, 0.1) is 32.1 Å². The fraction of sp³-hybridized carbons (Fsp3) is 0.0714. The predicted octanol–water partition coefficient (Wildman–Crippen LogP) is 5.46. The van der Waals surface area contributed by atoms with Crippen LogP contribution in [-0.4, -0.2) is 9.55 Å². The molecule has 1 aromatic heterocycles. The van der Waals surface area contributed by atoms with Gasteiger partial charge in [-0.15, -0.1) is 11.6 Å². The highest BCUT2D eigenvalue weighted by Gasteiger charge is 2.15. The van der Waals surface area contributed by atoms with E-state index in [-0.39, 0.29) is 10.9 Å². The zero-order valence-corrected chi connectivity index (χ0v) is 13.5. The predicted molar refractivity (Wildman–Crippen MR) is 83.3 cm³/mol. The van der Waals surface area contributed by atoms with Crippen molar-refractivity contribution < 1.29 is 8.78 Å². The van der Waals surface area contributed by atoms with Gasteiger partial charge in [-0.05, 0) is 40.2 Å². The molecule has 2 aromatic carbocycles. The maximum Gasteiger partial charge on any atom is 0.143 e. The second-order valence-electron chi connectivity index (χ2n) is 4.35. The van der Waals surface area contributed by atoms with Crippen molar-refractivity contribution in [2.45, 2.75) is 5.88 Å². The van der Waals surface area contributed by atoms with Crippen LogP contribution < -0.4 is 0 Å². The van der Waals surface area contributed by atoms with Crippen molar-refractivity contribution >= 4 is 50.2 Å². The van der Waals surface area contributed by atoms with Crippen LogP contribution in [0, 0.1) is 11.6 Å². The molecule has 0 bridgehead atoms. The molecule has 0 spiro atoms. The highest BCUT2D eigenvalue weighted by atomic mass is 79.9. The zero-order chi connectivity index (χ0) is 15.1. The largest absolute Gasteiger partial charge is 0.295 e. The summed E-state index contributed by atoms with van der Waals surface area (Å²) in [6, 6.07) is 7.28. The second kappa shape index (κ2) is 5.55. The number of rotatable bonds is 2. The molecule has 108 valence electrons. The Morgan fingerprint density at radius 2 is 1.90 bits per heavy atom. The molecule has 0 saturated heterocycles. The van der Waals surface area contributed by atoms with Crippen LogP contribution >= 0.6 is 39.1 Å². The van der Waals surface area contributed by atoms with E-state index in [2.05, 4.69) is 20.9 Å². The highest BCUT2D eigenvalue weighted by Crippen LogP contribution is 2.28. The maximum atomic E-state index is 13.7. The summed E-state index contributed by atoms with van der Waals surface area (Å²) in [5.41, 5.74) is 1.59. The summed E-state index contributed by atoms with van der Waals surface area (Å²) >= 11 is 14.7. The van der Waals surface area contributed by atoms with Gasteiger partial charge in [0.25, 0.3) is 0 Å². The highest BCUT2D eigenvalue weighted by molar-refractivity contribution is 9.10. The third kappa shape index (κ3) is 2.54. The first kappa shape index (κ1) is 14.8. The Morgan fingerprint density at radius 1 is 1.14 bits per heavy atom. The number of aromatic nitrogens is 2. The lowest BCUT2D eigenvalue weighted by atomic mass is 10.2. The van der Waals surface area contributed by atoms with E-state index in [4.69, 9.17) is 23.2 Å². The summed E-state index contributed by atoms with van der Waals surface area (Å²) in [4.78, 5) is 4.28. The summed E-state index contributed by atoms with van der Waals surface area (Å²) in [7, 11) is 0. The Kier molecular flexibility index (Phi) is 3.90. The van der Waals surface area contributed by atoms with Gasteiger partial charge in [-0.25, -0.2) is 13.8 Å². The van der Waals surface area contributed by atoms with Crippen molar-refractivity contribution in [2.24, 2.45) is 0 Å². The van der Waals surface area contributed by atoms with E-state index in [0.29, 0.717) is 27.0 Å². The first-order valence-corrected chi connectivity index (χ1v) is 7.59. The molecule has 0 atom stereocenters. The van der Waals surface area contributed by atoms with Gasteiger partial charge < -0.3 is 0 Å². The van der Waals surface area contributed by atoms with Crippen molar-refractivity contribution in [1.29, 1.82) is 0 Å². The summed E-state index contributed by atoms with van der Waals surface area (Å²) in [6.45, 7) is 0. The van der Waals surface area contributed by atoms with E-state index in [1.54, 1.807) is 16.7 Å². The molecule has 0 fully saturated rings. The number of alkyl halides is 1. The lowest BCUT2D eigenvalue weighted by Crippen LogP contribution is -2.00. The van der Waals surface area contributed by atoms with E-state index < -0.39 is 11.6 Å². The van der Waals surface area contributed by atoms with Crippen molar-refractivity contribution in [3.63, 3.8) is 0 Å². The molecule has 3 aromatic rings. The van der Waals surface area contributed by atoms with Crippen LogP contribution in [0.5, 0.6) is 0 Å². The van der Waals surface area contributed by atoms with Gasteiger partial charge in [-0.3, -0.25) is 4.57 Å². The molecule has 0 radical (unpaired) electrons. The normalized spacial score (nSPS) is 11.3. The van der Waals surface area contributed by atoms with E-state index in [0.717, 1.165) is 0 Å². The Morgan fingerprint density at radius 3 is 2.57 bits per heavy atom. The van der Waals surface area contributed by atoms with Crippen LogP contribution in [0.25, 0.3) is 16.7 Å². The lowest BCUT2D eigenvalue weighted by molar-refractivity contribution is 0.622. The van der Waals surface area contributed by atoms with E-state index in [1.165, 1.54) is 18.2 Å². The quantitative estimate of drug-likeness (QED) is 0.530. The second-order valence-corrected chi connectivity index (χ2v) is 5.88. The topological polar surface area (TPSA) is 17.8 Å². The fourth-order valence-electron chi connectivity index (χ4n) is 2.12. The molecule has 1 heterocycles. The molecule has 0 aliphatic carbocycles. The molecule has 0 N–H and O–H groups in total. The summed E-state index contributed by atoms with van der Waals surface area (Å²) in [5, 5.41) is 0.0304.